The first-order valence-electron chi connectivity index (χ1n) is 12.4. The van der Waals surface area contributed by atoms with Crippen LogP contribution in [0.2, 0.25) is 0 Å². The summed E-state index contributed by atoms with van der Waals surface area (Å²) in [6, 6.07) is 7.03. The van der Waals surface area contributed by atoms with E-state index < -0.39 is 44.3 Å². The Morgan fingerprint density at radius 3 is 2.55 bits per heavy atom. The van der Waals surface area contributed by atoms with Gasteiger partial charge in [0, 0.05) is 18.5 Å². The predicted molar refractivity (Wildman–Crippen MR) is 138 cm³/mol. The van der Waals surface area contributed by atoms with Crippen LogP contribution in [0.5, 0.6) is 5.75 Å². The van der Waals surface area contributed by atoms with Gasteiger partial charge in [-0.15, -0.1) is 0 Å². The molecule has 208 valence electrons. The molecule has 11 nitrogen and oxygen atoms in total. The van der Waals surface area contributed by atoms with Crippen LogP contribution in [-0.2, 0) is 32.9 Å². The number of ether oxygens (including phenoxy) is 2. The molecule has 0 aliphatic carbocycles. The molecule has 1 amide bonds. The lowest BCUT2D eigenvalue weighted by Gasteiger charge is -2.28. The fourth-order valence-electron chi connectivity index (χ4n) is 3.88. The van der Waals surface area contributed by atoms with E-state index in [1.165, 1.54) is 18.7 Å². The average Bonchev–Trinajstić information content (AvgIpc) is 3.22. The van der Waals surface area contributed by atoms with Crippen LogP contribution in [0.15, 0.2) is 54.8 Å². The first kappa shape index (κ1) is 29.7. The number of nitrogens with zero attached hydrogens (tertiary/aromatic N) is 1. The van der Waals surface area contributed by atoms with Gasteiger partial charge in [0.25, 0.3) is 0 Å². The first-order chi connectivity index (χ1) is 17.9. The van der Waals surface area contributed by atoms with Gasteiger partial charge >= 0.3 is 13.7 Å². The number of benzene rings is 1. The van der Waals surface area contributed by atoms with Crippen molar-refractivity contribution in [3.05, 3.63) is 54.8 Å². The summed E-state index contributed by atoms with van der Waals surface area (Å²) in [4.78, 5) is 38.5. The number of hydrogen-bond donors (Lipinski definition) is 2. The molecule has 3 rings (SSSR count). The quantitative estimate of drug-likeness (QED) is 0.295. The number of para-hydroxylation sites is 1. The van der Waals surface area contributed by atoms with Gasteiger partial charge in [-0.1, -0.05) is 38.6 Å². The predicted octanol–water partition coefficient (Wildman–Crippen LogP) is 3.10. The molecule has 12 heteroatoms. The lowest BCUT2D eigenvalue weighted by Crippen LogP contribution is -2.39. The van der Waals surface area contributed by atoms with E-state index in [9.17, 15) is 24.1 Å². The van der Waals surface area contributed by atoms with Crippen molar-refractivity contribution in [2.24, 2.45) is 5.92 Å². The number of nitrogens with one attached hydrogen (secondary N) is 1. The normalized spacial score (nSPS) is 24.7. The van der Waals surface area contributed by atoms with Crippen molar-refractivity contribution in [3.8, 4) is 5.75 Å². The van der Waals surface area contributed by atoms with Crippen LogP contribution in [0.3, 0.4) is 0 Å². The first-order valence-corrected chi connectivity index (χ1v) is 13.9. The lowest BCUT2D eigenvalue weighted by atomic mass is 10.1. The van der Waals surface area contributed by atoms with E-state index in [0.717, 1.165) is 0 Å². The number of carbonyl (C=O) groups is 3. The van der Waals surface area contributed by atoms with Gasteiger partial charge in [0.1, 0.15) is 24.1 Å². The van der Waals surface area contributed by atoms with E-state index in [1.54, 1.807) is 56.5 Å². The van der Waals surface area contributed by atoms with Crippen LogP contribution in [0.25, 0.3) is 0 Å². The van der Waals surface area contributed by atoms with Gasteiger partial charge < -0.3 is 19.1 Å². The SMILES string of the molecule is C=C1C=CN([C@H]2C[C@H](O)[C@@H](CO[P@@](=O)(N[C@@H](C)C(=O)O[C@@H](C)C(=O)C(C)C)Oc3ccccc3)O2)C(=O)C1. The Morgan fingerprint density at radius 1 is 1.24 bits per heavy atom. The molecule has 6 atom stereocenters. The Bertz CT molecular complexity index is 1110. The zero-order valence-corrected chi connectivity index (χ0v) is 22.8. The fraction of sp³-hybridized carbons (Fsp3) is 0.500. The smallest absolute Gasteiger partial charge is 0.453 e. The molecular weight excluding hydrogens is 515 g/mol. The number of rotatable bonds is 12. The number of aliphatic hydroxyl groups excluding tert-OH is 1. The Kier molecular flexibility index (Phi) is 10.0. The third-order valence-electron chi connectivity index (χ3n) is 6.00. The number of carbonyl (C=O) groups excluding carboxylic acids is 3. The van der Waals surface area contributed by atoms with Gasteiger partial charge in [-0.2, -0.15) is 5.09 Å². The van der Waals surface area contributed by atoms with Gasteiger partial charge in [0.2, 0.25) is 5.91 Å². The molecule has 0 bridgehead atoms. The summed E-state index contributed by atoms with van der Waals surface area (Å²) in [5.74, 6) is -1.40. The minimum absolute atomic E-state index is 0.123. The van der Waals surface area contributed by atoms with Gasteiger partial charge in [0.05, 0.1) is 19.1 Å². The molecule has 2 aliphatic rings. The van der Waals surface area contributed by atoms with E-state index in [0.29, 0.717) is 5.57 Å². The zero-order chi connectivity index (χ0) is 28.0. The molecule has 1 aromatic rings. The van der Waals surface area contributed by atoms with Gasteiger partial charge in [0.15, 0.2) is 11.9 Å². The number of esters is 1. The van der Waals surface area contributed by atoms with Crippen LogP contribution >= 0.6 is 7.75 Å². The number of hydrogen-bond acceptors (Lipinski definition) is 9. The Hall–Kier alpha value is -2.82. The molecule has 0 spiro atoms. The van der Waals surface area contributed by atoms with Crippen molar-refractivity contribution < 1.29 is 42.6 Å². The van der Waals surface area contributed by atoms with E-state index in [4.69, 9.17) is 18.5 Å². The van der Waals surface area contributed by atoms with Crippen LogP contribution in [0, 0.1) is 5.92 Å². The summed E-state index contributed by atoms with van der Waals surface area (Å²) >= 11 is 0. The fourth-order valence-corrected chi connectivity index (χ4v) is 5.38. The maximum Gasteiger partial charge on any atom is 0.459 e. The summed E-state index contributed by atoms with van der Waals surface area (Å²) in [6.07, 6.45) is -0.128. The minimum Gasteiger partial charge on any atom is -0.453 e. The van der Waals surface area contributed by atoms with Gasteiger partial charge in [-0.25, -0.2) is 4.57 Å². The van der Waals surface area contributed by atoms with Gasteiger partial charge in [-0.05, 0) is 37.6 Å². The molecule has 1 aromatic carbocycles. The third kappa shape index (κ3) is 7.85. The Labute approximate surface area is 222 Å². The second-order valence-corrected chi connectivity index (χ2v) is 11.3. The Morgan fingerprint density at radius 2 is 1.92 bits per heavy atom. The number of amides is 1. The zero-order valence-electron chi connectivity index (χ0n) is 21.9. The number of ketones is 1. The molecule has 1 fully saturated rings. The summed E-state index contributed by atoms with van der Waals surface area (Å²) < 4.78 is 36.0. The number of Topliss-reactive ketones (excluding diaryl/α,β-unsaturated/α-hetero) is 1. The molecule has 0 saturated carbocycles. The molecule has 38 heavy (non-hydrogen) atoms. The summed E-state index contributed by atoms with van der Waals surface area (Å²) in [5.41, 5.74) is 0.672. The highest BCUT2D eigenvalue weighted by atomic mass is 31.2. The van der Waals surface area contributed by atoms with Crippen molar-refractivity contribution in [3.63, 3.8) is 0 Å². The molecule has 2 heterocycles. The summed E-state index contributed by atoms with van der Waals surface area (Å²) in [7, 11) is -4.22. The third-order valence-corrected chi connectivity index (χ3v) is 7.64. The van der Waals surface area contributed by atoms with Crippen LogP contribution in [0.4, 0.5) is 0 Å². The largest absolute Gasteiger partial charge is 0.459 e. The highest BCUT2D eigenvalue weighted by molar-refractivity contribution is 7.52. The van der Waals surface area contributed by atoms with E-state index in [1.807, 2.05) is 0 Å². The Balaban J connectivity index is 1.68. The number of allylic oxidation sites excluding steroid dienone is 1. The van der Waals surface area contributed by atoms with Crippen LogP contribution < -0.4 is 9.61 Å². The molecular formula is C26H35N2O9P. The summed E-state index contributed by atoms with van der Waals surface area (Å²) in [6.45, 7) is 9.67. The van der Waals surface area contributed by atoms with E-state index in [2.05, 4.69) is 11.7 Å². The summed E-state index contributed by atoms with van der Waals surface area (Å²) in [5, 5.41) is 13.1. The number of aliphatic hydroxyl groups is 1. The topological polar surface area (TPSA) is 141 Å². The van der Waals surface area contributed by atoms with Crippen molar-refractivity contribution in [2.75, 3.05) is 6.61 Å². The highest BCUT2D eigenvalue weighted by Gasteiger charge is 2.41. The minimum atomic E-state index is -4.22. The van der Waals surface area contributed by atoms with Crippen molar-refractivity contribution in [2.45, 2.75) is 71.1 Å². The second kappa shape index (κ2) is 12.8. The standard InChI is InChI=1S/C26H35N2O9P/c1-16(2)25(31)19(5)35-26(32)18(4)27-38(33,37-20-9-7-6-8-10-20)34-15-22-21(29)14-24(36-22)28-12-11-17(3)13-23(28)30/h6-12,16,18-19,21-22,24,29H,3,13-15H2,1-2,4-5H3,(H,27,33)/t18-,19-,21-,22+,24+,38-/m0/s1. The van der Waals surface area contributed by atoms with Gasteiger partial charge in [-0.3, -0.25) is 23.8 Å². The molecule has 0 radical (unpaired) electrons. The van der Waals surface area contributed by atoms with Crippen LogP contribution in [-0.4, -0.2) is 64.9 Å². The maximum absolute atomic E-state index is 13.7. The lowest BCUT2D eigenvalue weighted by molar-refractivity contribution is -0.156. The van der Waals surface area contributed by atoms with Crippen molar-refractivity contribution in [1.29, 1.82) is 0 Å². The maximum atomic E-state index is 13.7. The monoisotopic (exact) mass is 550 g/mol. The molecule has 2 aliphatic heterocycles. The molecule has 0 aromatic heterocycles. The molecule has 1 saturated heterocycles. The average molecular weight is 551 g/mol. The molecule has 0 unspecified atom stereocenters. The van der Waals surface area contributed by atoms with Crippen LogP contribution in [0.1, 0.15) is 40.5 Å². The van der Waals surface area contributed by atoms with E-state index in [-0.39, 0.29) is 42.8 Å². The second-order valence-electron chi connectivity index (χ2n) is 9.57. The van der Waals surface area contributed by atoms with Crippen molar-refractivity contribution >= 4 is 25.4 Å². The highest BCUT2D eigenvalue weighted by Crippen LogP contribution is 2.45. The molecule has 2 N–H and O–H groups in total. The van der Waals surface area contributed by atoms with Crippen molar-refractivity contribution in [1.82, 2.24) is 9.99 Å². The van der Waals surface area contributed by atoms with E-state index >= 15 is 0 Å².